The van der Waals surface area contributed by atoms with E-state index in [0.717, 1.165) is 51.5 Å². The number of unbranched alkanes of at least 4 members (excludes halogenated alkanes) is 4. The third-order valence-corrected chi connectivity index (χ3v) is 3.56. The predicted molar refractivity (Wildman–Crippen MR) is 140 cm³/mol. The Morgan fingerprint density at radius 3 is 1.68 bits per heavy atom. The molecule has 0 rings (SSSR count). The van der Waals surface area contributed by atoms with Gasteiger partial charge in [-0.1, -0.05) is 12.8 Å². The van der Waals surface area contributed by atoms with E-state index in [0.29, 0.717) is 25.4 Å². The van der Waals surface area contributed by atoms with Crippen molar-refractivity contribution in [2.75, 3.05) is 33.4 Å². The molecule has 0 spiro atoms. The van der Waals surface area contributed by atoms with Crippen molar-refractivity contribution in [3.63, 3.8) is 0 Å². The van der Waals surface area contributed by atoms with Gasteiger partial charge in [-0.05, 0) is 66.8 Å². The molecular formula is C23H50N6O5. The molecule has 0 aromatic rings. The van der Waals surface area contributed by atoms with Crippen molar-refractivity contribution in [1.29, 1.82) is 0 Å². The van der Waals surface area contributed by atoms with E-state index < -0.39 is 6.09 Å². The van der Waals surface area contributed by atoms with Crippen LogP contribution in [0.4, 0.5) is 4.79 Å². The molecule has 0 aliphatic heterocycles. The zero-order valence-corrected chi connectivity index (χ0v) is 22.2. The number of rotatable bonds is 12. The minimum Gasteiger partial charge on any atom is -0.450 e. The molecule has 202 valence electrons. The van der Waals surface area contributed by atoms with Crippen LogP contribution in [-0.2, 0) is 14.3 Å². The zero-order valence-electron chi connectivity index (χ0n) is 22.2. The highest BCUT2D eigenvalue weighted by atomic mass is 16.5. The Bertz CT molecular complexity index is 550. The van der Waals surface area contributed by atoms with E-state index in [1.165, 1.54) is 0 Å². The van der Waals surface area contributed by atoms with E-state index in [1.807, 2.05) is 0 Å². The lowest BCUT2D eigenvalue weighted by molar-refractivity contribution is -0.117. The lowest BCUT2D eigenvalue weighted by Gasteiger charge is -2.03. The smallest absolute Gasteiger partial charge is 0.413 e. The number of aliphatic imine (C=N–C) groups is 2. The third-order valence-electron chi connectivity index (χ3n) is 3.56. The van der Waals surface area contributed by atoms with Crippen LogP contribution in [0.2, 0.25) is 0 Å². The number of aliphatic hydroxyl groups excluding tert-OH is 1. The molecule has 0 fully saturated rings. The maximum absolute atomic E-state index is 10.9. The van der Waals surface area contributed by atoms with Crippen LogP contribution in [0.25, 0.3) is 0 Å². The van der Waals surface area contributed by atoms with Crippen LogP contribution in [0.15, 0.2) is 9.98 Å². The number of hydrogen-bond donors (Lipinski definition) is 5. The van der Waals surface area contributed by atoms with E-state index in [4.69, 9.17) is 22.3 Å². The van der Waals surface area contributed by atoms with Crippen LogP contribution in [0, 0.1) is 0 Å². The predicted octanol–water partition coefficient (Wildman–Crippen LogP) is 2.28. The Hall–Kier alpha value is -2.53. The van der Waals surface area contributed by atoms with Crippen LogP contribution in [0.3, 0.4) is 0 Å². The monoisotopic (exact) mass is 490 g/mol. The molecule has 0 bridgehead atoms. The molecule has 8 N–H and O–H groups in total. The van der Waals surface area contributed by atoms with Crippen LogP contribution in [0.1, 0.15) is 86.0 Å². The number of nitrogens with zero attached hydrogens (tertiary/aromatic N) is 2. The molecular weight excluding hydrogens is 440 g/mol. The molecule has 0 atom stereocenters. The van der Waals surface area contributed by atoms with Gasteiger partial charge in [0.1, 0.15) is 11.6 Å². The fourth-order valence-corrected chi connectivity index (χ4v) is 1.87. The third kappa shape index (κ3) is 51.8. The number of ether oxygens (including phenoxy) is 1. The number of carbonyl (C=O) groups is 3. The van der Waals surface area contributed by atoms with Gasteiger partial charge in [0.25, 0.3) is 0 Å². The summed E-state index contributed by atoms with van der Waals surface area (Å²) < 4.78 is 4.64. The largest absolute Gasteiger partial charge is 0.450 e. The quantitative estimate of drug-likeness (QED) is 0.156. The molecule has 0 aromatic carbocycles. The maximum atomic E-state index is 10.9. The number of hydrogen-bond acceptors (Lipinski definition) is 8. The number of Topliss-reactive ketones (excluding diaryl/α,β-unsaturated/α-hetero) is 2. The van der Waals surface area contributed by atoms with Gasteiger partial charge in [0.2, 0.25) is 0 Å². The molecule has 0 saturated heterocycles. The average Bonchev–Trinajstić information content (AvgIpc) is 2.75. The van der Waals surface area contributed by atoms with E-state index in [-0.39, 0.29) is 24.1 Å². The van der Waals surface area contributed by atoms with Gasteiger partial charge in [0, 0.05) is 33.0 Å². The Kier molecular flexibility index (Phi) is 37.2. The van der Waals surface area contributed by atoms with Gasteiger partial charge in [0.05, 0.1) is 12.4 Å². The maximum Gasteiger partial charge on any atom is 0.413 e. The number of aliphatic hydroxyl groups is 1. The number of alkyl carbamates (subject to hydrolysis) is 1. The molecule has 0 saturated carbocycles. The second-order valence-electron chi connectivity index (χ2n) is 7.11. The summed E-state index contributed by atoms with van der Waals surface area (Å²) in [6, 6.07) is 0. The summed E-state index contributed by atoms with van der Waals surface area (Å²) in [4.78, 5) is 39.5. The van der Waals surface area contributed by atoms with Gasteiger partial charge < -0.3 is 36.6 Å². The van der Waals surface area contributed by atoms with Crippen molar-refractivity contribution in [2.45, 2.75) is 86.0 Å². The van der Waals surface area contributed by atoms with Crippen molar-refractivity contribution in [3.05, 3.63) is 0 Å². The highest BCUT2D eigenvalue weighted by Gasteiger charge is 2.01. The number of guanidine groups is 1. The zero-order chi connectivity index (χ0) is 27.2. The number of nitrogens with two attached hydrogens (primary N) is 3. The van der Waals surface area contributed by atoms with Crippen molar-refractivity contribution in [2.24, 2.45) is 27.2 Å². The summed E-state index contributed by atoms with van der Waals surface area (Å²) in [6.45, 7) is 10.2. The number of amides is 1. The first kappa shape index (κ1) is 38.7. The molecule has 0 radical (unpaired) electrons. The summed E-state index contributed by atoms with van der Waals surface area (Å²) in [5.41, 5.74) is 15.8. The molecule has 0 aromatic heterocycles. The Morgan fingerprint density at radius 2 is 1.32 bits per heavy atom. The summed E-state index contributed by atoms with van der Waals surface area (Å²) in [5.74, 6) is 1.18. The van der Waals surface area contributed by atoms with Crippen LogP contribution in [0.5, 0.6) is 0 Å². The molecule has 1 amide bonds. The Labute approximate surface area is 206 Å². The molecule has 11 nitrogen and oxygen atoms in total. The van der Waals surface area contributed by atoms with Gasteiger partial charge in [-0.3, -0.25) is 15.3 Å². The molecule has 11 heteroatoms. The van der Waals surface area contributed by atoms with Crippen molar-refractivity contribution < 1.29 is 24.2 Å². The lowest BCUT2D eigenvalue weighted by atomic mass is 10.1. The second kappa shape index (κ2) is 32.6. The van der Waals surface area contributed by atoms with Crippen molar-refractivity contribution in [3.8, 4) is 0 Å². The van der Waals surface area contributed by atoms with Crippen molar-refractivity contribution in [1.82, 2.24) is 5.32 Å². The first-order chi connectivity index (χ1) is 16.0. The van der Waals surface area contributed by atoms with Crippen LogP contribution >= 0.6 is 0 Å². The number of amidine groups is 1. The van der Waals surface area contributed by atoms with Crippen molar-refractivity contribution >= 4 is 29.5 Å². The normalized spacial score (nSPS) is 10.4. The fraction of sp³-hybridized carbons (Fsp3) is 0.783. The molecule has 0 heterocycles. The first-order valence-corrected chi connectivity index (χ1v) is 11.7. The fourth-order valence-electron chi connectivity index (χ4n) is 1.87. The number of nitrogens with one attached hydrogen (secondary N) is 1. The SMILES string of the molecule is CC(=O)CCCCCN.CCO.CCOC(=O)NC(N)=NCCCCCC(C)=O.CN=C(C)N. The van der Waals surface area contributed by atoms with Crippen LogP contribution < -0.4 is 22.5 Å². The second-order valence-corrected chi connectivity index (χ2v) is 7.11. The Balaban J connectivity index is -0.000000220. The van der Waals surface area contributed by atoms with Gasteiger partial charge in [-0.25, -0.2) is 4.79 Å². The molecule has 34 heavy (non-hydrogen) atoms. The van der Waals surface area contributed by atoms with E-state index in [9.17, 15) is 14.4 Å². The minimum atomic E-state index is -0.592. The summed E-state index contributed by atoms with van der Waals surface area (Å²) in [5, 5.41) is 9.87. The molecule has 0 aliphatic rings. The molecule has 0 unspecified atom stereocenters. The highest BCUT2D eigenvalue weighted by molar-refractivity contribution is 5.92. The van der Waals surface area contributed by atoms with E-state index >= 15 is 0 Å². The number of carbonyl (C=O) groups excluding carboxylic acids is 3. The van der Waals surface area contributed by atoms with Gasteiger partial charge >= 0.3 is 6.09 Å². The summed E-state index contributed by atoms with van der Waals surface area (Å²) >= 11 is 0. The average molecular weight is 491 g/mol. The summed E-state index contributed by atoms with van der Waals surface area (Å²) in [6.07, 6.45) is 6.53. The number of ketones is 2. The minimum absolute atomic E-state index is 0.0648. The Morgan fingerprint density at radius 1 is 0.882 bits per heavy atom. The molecule has 0 aliphatic carbocycles. The van der Waals surface area contributed by atoms with Gasteiger partial charge in [0.15, 0.2) is 5.96 Å². The van der Waals surface area contributed by atoms with Crippen LogP contribution in [-0.4, -0.2) is 67.9 Å². The van der Waals surface area contributed by atoms with Gasteiger partial charge in [-0.15, -0.1) is 0 Å². The highest BCUT2D eigenvalue weighted by Crippen LogP contribution is 2.00. The summed E-state index contributed by atoms with van der Waals surface area (Å²) in [7, 11) is 1.66. The lowest BCUT2D eigenvalue weighted by Crippen LogP contribution is -2.37. The van der Waals surface area contributed by atoms with Gasteiger partial charge in [-0.2, -0.15) is 0 Å². The van der Waals surface area contributed by atoms with E-state index in [2.05, 4.69) is 20.0 Å². The topological polar surface area (TPSA) is 195 Å². The first-order valence-electron chi connectivity index (χ1n) is 11.7. The standard InChI is InChI=1S/C11H21N3O3.C7H15NO.C3H8N2.C2H6O/c1-3-17-11(16)14-10(12)13-8-6-4-5-7-9(2)15;1-7(9)5-3-2-4-6-8;1-3(4)5-2;1-2-3/h3-8H2,1-2H3,(H3,12,13,14,16);2-6,8H2,1H3;1-2H3,(H2,4,5);3H,2H2,1H3. The van der Waals surface area contributed by atoms with E-state index in [1.54, 1.807) is 41.7 Å².